The van der Waals surface area contributed by atoms with Crippen LogP contribution in [-0.2, 0) is 16.1 Å². The number of amides is 2. The first kappa shape index (κ1) is 20.3. The van der Waals surface area contributed by atoms with Crippen molar-refractivity contribution in [1.82, 2.24) is 4.90 Å². The lowest BCUT2D eigenvalue weighted by Crippen LogP contribution is -2.32. The van der Waals surface area contributed by atoms with Crippen molar-refractivity contribution in [2.75, 3.05) is 11.9 Å². The van der Waals surface area contributed by atoms with Gasteiger partial charge in [-0.3, -0.25) is 14.5 Å². The third-order valence-electron chi connectivity index (χ3n) is 4.96. The molecule has 3 aromatic rings. The van der Waals surface area contributed by atoms with E-state index in [1.807, 2.05) is 25.1 Å². The molecular formula is C25H21FN2O3. The lowest BCUT2D eigenvalue weighted by molar-refractivity contribution is -0.137. The van der Waals surface area contributed by atoms with Gasteiger partial charge < -0.3 is 10.1 Å². The number of nitrogens with one attached hydrogen (secondary N) is 1. The fraction of sp³-hybridized carbons (Fsp3) is 0.120. The van der Waals surface area contributed by atoms with Crippen molar-refractivity contribution in [2.24, 2.45) is 0 Å². The molecule has 0 aliphatic carbocycles. The highest BCUT2D eigenvalue weighted by molar-refractivity contribution is 6.36. The maximum atomic E-state index is 14.2. The summed E-state index contributed by atoms with van der Waals surface area (Å²) in [6, 6.07) is 22.3. The van der Waals surface area contributed by atoms with E-state index in [4.69, 9.17) is 4.74 Å². The Balaban J connectivity index is 1.75. The van der Waals surface area contributed by atoms with Gasteiger partial charge in [0.15, 0.2) is 0 Å². The number of nitrogens with zero attached hydrogens (tertiary/aromatic N) is 1. The Labute approximate surface area is 179 Å². The molecule has 5 nitrogen and oxygen atoms in total. The van der Waals surface area contributed by atoms with Gasteiger partial charge in [0.05, 0.1) is 24.4 Å². The Hall–Kier alpha value is -3.93. The molecule has 0 fully saturated rings. The van der Waals surface area contributed by atoms with E-state index in [1.165, 1.54) is 6.07 Å². The average molecular weight is 416 g/mol. The molecule has 0 saturated heterocycles. The third-order valence-corrected chi connectivity index (χ3v) is 4.96. The minimum Gasteiger partial charge on any atom is -0.492 e. The van der Waals surface area contributed by atoms with Crippen LogP contribution in [0.4, 0.5) is 10.1 Å². The predicted octanol–water partition coefficient (Wildman–Crippen LogP) is 4.62. The Morgan fingerprint density at radius 3 is 2.29 bits per heavy atom. The molecule has 3 aromatic carbocycles. The molecule has 1 heterocycles. The van der Waals surface area contributed by atoms with Gasteiger partial charge in [-0.2, -0.15) is 0 Å². The zero-order valence-corrected chi connectivity index (χ0v) is 17.0. The van der Waals surface area contributed by atoms with Crippen molar-refractivity contribution < 1.29 is 18.7 Å². The Kier molecular flexibility index (Phi) is 5.80. The summed E-state index contributed by atoms with van der Waals surface area (Å²) in [5.74, 6) is -0.889. The molecule has 1 N–H and O–H groups in total. The highest BCUT2D eigenvalue weighted by Crippen LogP contribution is 2.34. The first-order chi connectivity index (χ1) is 15.1. The van der Waals surface area contributed by atoms with Crippen LogP contribution in [0, 0.1) is 5.82 Å². The number of ether oxygens (including phenoxy) is 1. The van der Waals surface area contributed by atoms with E-state index in [2.05, 4.69) is 5.32 Å². The van der Waals surface area contributed by atoms with Gasteiger partial charge in [0.2, 0.25) is 0 Å². The molecule has 1 aliphatic heterocycles. The molecule has 0 spiro atoms. The van der Waals surface area contributed by atoms with Crippen LogP contribution in [0.25, 0.3) is 5.57 Å². The van der Waals surface area contributed by atoms with Crippen LogP contribution >= 0.6 is 0 Å². The third kappa shape index (κ3) is 4.05. The molecule has 0 radical (unpaired) electrons. The number of benzene rings is 3. The van der Waals surface area contributed by atoms with Crippen LogP contribution in [-0.4, -0.2) is 23.3 Å². The van der Waals surface area contributed by atoms with E-state index in [-0.39, 0.29) is 23.4 Å². The number of carbonyl (C=O) groups is 2. The van der Waals surface area contributed by atoms with Crippen LogP contribution in [0.5, 0.6) is 5.75 Å². The minimum absolute atomic E-state index is 0.139. The number of halogens is 1. The first-order valence-electron chi connectivity index (χ1n) is 9.98. The smallest absolute Gasteiger partial charge is 0.278 e. The lowest BCUT2D eigenvalue weighted by atomic mass is 10.0. The second-order valence-electron chi connectivity index (χ2n) is 6.96. The monoisotopic (exact) mass is 416 g/mol. The number of para-hydroxylation sites is 2. The molecule has 2 amide bonds. The molecule has 31 heavy (non-hydrogen) atoms. The summed E-state index contributed by atoms with van der Waals surface area (Å²) in [6.45, 7) is 2.17. The number of rotatable bonds is 7. The van der Waals surface area contributed by atoms with Gasteiger partial charge in [-0.05, 0) is 30.7 Å². The molecule has 156 valence electrons. The number of imide groups is 1. The van der Waals surface area contributed by atoms with Crippen molar-refractivity contribution in [3.05, 3.63) is 102 Å². The standard InChI is InChI=1S/C25H21FN2O3/c1-2-31-21-15-9-8-14-20(21)27-23-22(17-10-4-3-5-11-17)24(29)28(25(23)30)16-18-12-6-7-13-19(18)26/h3-15,27H,2,16H2,1H3. The van der Waals surface area contributed by atoms with Gasteiger partial charge in [0.25, 0.3) is 11.8 Å². The fourth-order valence-corrected chi connectivity index (χ4v) is 3.49. The summed E-state index contributed by atoms with van der Waals surface area (Å²) in [5.41, 5.74) is 1.83. The van der Waals surface area contributed by atoms with Crippen LogP contribution in [0.1, 0.15) is 18.1 Å². The molecule has 0 unspecified atom stereocenters. The van der Waals surface area contributed by atoms with Gasteiger partial charge in [-0.1, -0.05) is 60.7 Å². The number of anilines is 1. The zero-order chi connectivity index (χ0) is 21.8. The van der Waals surface area contributed by atoms with Gasteiger partial charge in [-0.25, -0.2) is 4.39 Å². The highest BCUT2D eigenvalue weighted by Gasteiger charge is 2.39. The summed E-state index contributed by atoms with van der Waals surface area (Å²) in [7, 11) is 0. The van der Waals surface area contributed by atoms with E-state index in [1.54, 1.807) is 54.6 Å². The highest BCUT2D eigenvalue weighted by atomic mass is 19.1. The lowest BCUT2D eigenvalue weighted by Gasteiger charge is -2.16. The topological polar surface area (TPSA) is 58.6 Å². The van der Waals surface area contributed by atoms with Crippen molar-refractivity contribution in [2.45, 2.75) is 13.5 Å². The summed E-state index contributed by atoms with van der Waals surface area (Å²) in [6.07, 6.45) is 0. The van der Waals surface area contributed by atoms with E-state index >= 15 is 0 Å². The molecule has 1 aliphatic rings. The Morgan fingerprint density at radius 2 is 1.55 bits per heavy atom. The number of hydrogen-bond acceptors (Lipinski definition) is 4. The predicted molar refractivity (Wildman–Crippen MR) is 117 cm³/mol. The Bertz CT molecular complexity index is 1160. The molecule has 4 rings (SSSR count). The molecule has 6 heteroatoms. The van der Waals surface area contributed by atoms with Crippen molar-refractivity contribution in [1.29, 1.82) is 0 Å². The van der Waals surface area contributed by atoms with E-state index in [0.29, 0.717) is 23.6 Å². The van der Waals surface area contributed by atoms with Crippen LogP contribution in [0.15, 0.2) is 84.6 Å². The second kappa shape index (κ2) is 8.83. The SMILES string of the molecule is CCOc1ccccc1NC1=C(c2ccccc2)C(=O)N(Cc2ccccc2F)C1=O. The quantitative estimate of drug-likeness (QED) is 0.571. The minimum atomic E-state index is -0.515. The summed E-state index contributed by atoms with van der Waals surface area (Å²) < 4.78 is 19.8. The second-order valence-corrected chi connectivity index (χ2v) is 6.96. The number of carbonyl (C=O) groups excluding carboxylic acids is 2. The van der Waals surface area contributed by atoms with E-state index in [0.717, 1.165) is 4.90 Å². The maximum Gasteiger partial charge on any atom is 0.278 e. The largest absolute Gasteiger partial charge is 0.492 e. The zero-order valence-electron chi connectivity index (χ0n) is 17.0. The average Bonchev–Trinajstić information content (AvgIpc) is 3.01. The van der Waals surface area contributed by atoms with Crippen LogP contribution < -0.4 is 10.1 Å². The van der Waals surface area contributed by atoms with Gasteiger partial charge in [-0.15, -0.1) is 0 Å². The van der Waals surface area contributed by atoms with Gasteiger partial charge in [0.1, 0.15) is 17.3 Å². The summed E-state index contributed by atoms with van der Waals surface area (Å²) in [4.78, 5) is 27.7. The molecular weight excluding hydrogens is 395 g/mol. The normalized spacial score (nSPS) is 13.7. The van der Waals surface area contributed by atoms with Gasteiger partial charge in [0, 0.05) is 5.56 Å². The summed E-state index contributed by atoms with van der Waals surface area (Å²) in [5, 5.41) is 3.10. The molecule has 0 atom stereocenters. The number of hydrogen-bond donors (Lipinski definition) is 1. The Morgan fingerprint density at radius 1 is 0.871 bits per heavy atom. The van der Waals surface area contributed by atoms with Crippen molar-refractivity contribution in [3.63, 3.8) is 0 Å². The van der Waals surface area contributed by atoms with Crippen molar-refractivity contribution >= 4 is 23.1 Å². The fourth-order valence-electron chi connectivity index (χ4n) is 3.49. The summed E-state index contributed by atoms with van der Waals surface area (Å²) >= 11 is 0. The molecule has 0 aromatic heterocycles. The maximum absolute atomic E-state index is 14.2. The molecule has 0 saturated carbocycles. The first-order valence-corrected chi connectivity index (χ1v) is 9.98. The van der Waals surface area contributed by atoms with Crippen LogP contribution in [0.3, 0.4) is 0 Å². The van der Waals surface area contributed by atoms with E-state index in [9.17, 15) is 14.0 Å². The van der Waals surface area contributed by atoms with E-state index < -0.39 is 17.6 Å². The van der Waals surface area contributed by atoms with Crippen LogP contribution in [0.2, 0.25) is 0 Å². The van der Waals surface area contributed by atoms with Crippen molar-refractivity contribution in [3.8, 4) is 5.75 Å². The molecule has 0 bridgehead atoms. The van der Waals surface area contributed by atoms with Gasteiger partial charge >= 0.3 is 0 Å².